The average Bonchev–Trinajstić information content (AvgIpc) is 2.47. The lowest BCUT2D eigenvalue weighted by Gasteiger charge is -2.62. The van der Waals surface area contributed by atoms with Gasteiger partial charge in [-0.2, -0.15) is 36.0 Å². The highest BCUT2D eigenvalue weighted by Crippen LogP contribution is 3.03. The molecule has 22 heteroatoms. The molecule has 2 unspecified atom stereocenters. The molecule has 0 aromatic rings. The summed E-state index contributed by atoms with van der Waals surface area (Å²) in [6, 6.07) is -0.238. The molecule has 0 radical (unpaired) electrons. The predicted octanol–water partition coefficient (Wildman–Crippen LogP) is 13.8. The van der Waals surface area contributed by atoms with E-state index in [0.29, 0.717) is 12.8 Å². The first-order chi connectivity index (χ1) is 13.4. The van der Waals surface area contributed by atoms with E-state index >= 15 is 0 Å². The second-order valence-corrected chi connectivity index (χ2v) is 32.4. The molecule has 2 spiro atoms. The van der Waals surface area contributed by atoms with E-state index in [-0.39, 0.29) is 12.1 Å². The van der Waals surface area contributed by atoms with E-state index in [9.17, 15) is 0 Å². The van der Waals surface area contributed by atoms with Crippen molar-refractivity contribution in [2.75, 3.05) is 0 Å². The van der Waals surface area contributed by atoms with Crippen molar-refractivity contribution >= 4 is 129 Å². The number of rotatable bonds is 4. The van der Waals surface area contributed by atoms with Crippen LogP contribution in [0.1, 0.15) is 40.5 Å². The highest BCUT2D eigenvalue weighted by molar-refractivity contribution is 8.24. The first-order valence-corrected chi connectivity index (χ1v) is 25.7. The van der Waals surface area contributed by atoms with Crippen LogP contribution in [0.4, 0.5) is 0 Å². The third-order valence-corrected chi connectivity index (χ3v) is 31.5. The largest absolute Gasteiger partial charge is 0.257 e. The van der Waals surface area contributed by atoms with Gasteiger partial charge in [0.15, 0.2) is 0 Å². The fourth-order valence-corrected chi connectivity index (χ4v) is 40.1. The number of hydrogen-bond acceptors (Lipinski definition) is 8. The fraction of sp³-hybridized carbons (Fsp3) is 1.00. The van der Waals surface area contributed by atoms with Crippen LogP contribution in [0.2, 0.25) is 0 Å². The molecule has 0 aromatic heterocycles. The van der Waals surface area contributed by atoms with Gasteiger partial charge >= 0.3 is 0 Å². The van der Waals surface area contributed by atoms with Crippen LogP contribution in [0.5, 0.6) is 0 Å². The van der Waals surface area contributed by atoms with Gasteiger partial charge in [-0.1, -0.05) is 13.8 Å². The highest BCUT2D eigenvalue weighted by atomic mass is 35.9. The maximum Gasteiger partial charge on any atom is 0.257 e. The minimum atomic E-state index is -3.20. The third-order valence-electron chi connectivity index (χ3n) is 4.41. The van der Waals surface area contributed by atoms with Gasteiger partial charge in [-0.05, 0) is 117 Å². The molecule has 0 aromatic carbocycles. The van der Waals surface area contributed by atoms with Gasteiger partial charge in [0.05, 0.1) is 0 Å². The first kappa shape index (κ1) is 28.2. The van der Waals surface area contributed by atoms with Gasteiger partial charge in [-0.15, -0.1) is 0 Å². The molecule has 3 heterocycles. The summed E-state index contributed by atoms with van der Waals surface area (Å²) in [7, 11) is -6.01. The van der Waals surface area contributed by atoms with Crippen molar-refractivity contribution in [1.82, 2.24) is 8.88 Å². The van der Waals surface area contributed by atoms with Crippen LogP contribution in [-0.4, -0.2) is 21.0 Å². The molecule has 3 rings (SSSR count). The van der Waals surface area contributed by atoms with Crippen LogP contribution in [0.25, 0.3) is 0 Å². The molecule has 0 N–H and O–H groups in total. The normalized spacial score (nSPS) is 38.0. The van der Waals surface area contributed by atoms with Crippen molar-refractivity contribution < 1.29 is 0 Å². The summed E-state index contributed by atoms with van der Waals surface area (Å²) in [6.45, 7) is 7.99. The summed E-state index contributed by atoms with van der Waals surface area (Å²) >= 11 is 51.8. The van der Waals surface area contributed by atoms with E-state index in [4.69, 9.17) is 108 Å². The summed E-state index contributed by atoms with van der Waals surface area (Å²) in [4.78, 5) is 0. The Morgan fingerprint density at radius 2 is 0.800 bits per heavy atom. The Labute approximate surface area is 215 Å². The van der Waals surface area contributed by atoms with Crippen molar-refractivity contribution in [1.29, 1.82) is 0 Å². The standard InChI is InChI=1S/C8H18Cl8N8P6/c1-5-7(3)23-29(19-25(9,10)17-26(11,12)20-29)24(8(4)6-2)30(23)21-27(13,14)18-28(15,16)22-30/h7-8H,5-6H2,1-4H3. The SMILES string of the molecule is CCC(C)N1P2(=NP(Cl)(Cl)=NP(Cl)(Cl)=N2)N(C(C)CC)P12=NP(Cl)(Cl)=NP(Cl)(Cl)=N2. The fourth-order valence-electron chi connectivity index (χ4n) is 3.13. The van der Waals surface area contributed by atoms with Crippen LogP contribution in [0.3, 0.4) is 0 Å². The second kappa shape index (κ2) is 9.18. The molecule has 30 heavy (non-hydrogen) atoms. The lowest BCUT2D eigenvalue weighted by Crippen LogP contribution is -2.48. The average molecular weight is 696 g/mol. The maximum absolute atomic E-state index is 6.48. The van der Waals surface area contributed by atoms with Gasteiger partial charge in [0.25, 0.3) is 23.6 Å². The van der Waals surface area contributed by atoms with Gasteiger partial charge < -0.3 is 0 Å². The van der Waals surface area contributed by atoms with Crippen molar-refractivity contribution in [2.45, 2.75) is 52.6 Å². The summed E-state index contributed by atoms with van der Waals surface area (Å²) in [5, 5.41) is 0. The maximum atomic E-state index is 6.48. The molecule has 3 aliphatic rings. The predicted molar refractivity (Wildman–Crippen MR) is 146 cm³/mol. The Kier molecular flexibility index (Phi) is 8.62. The molecule has 0 saturated carbocycles. The lowest BCUT2D eigenvalue weighted by atomic mass is 10.3. The van der Waals surface area contributed by atoms with E-state index in [1.165, 1.54) is 0 Å². The van der Waals surface area contributed by atoms with Crippen LogP contribution in [0.15, 0.2) is 27.1 Å². The Hall–Kier alpha value is 3.62. The smallest absolute Gasteiger partial charge is 0.185 e. The molecule has 0 amide bonds. The zero-order chi connectivity index (χ0) is 23.0. The number of hydrogen-bond donors (Lipinski definition) is 0. The zero-order valence-electron chi connectivity index (χ0n) is 15.9. The zero-order valence-corrected chi connectivity index (χ0v) is 27.3. The van der Waals surface area contributed by atoms with Gasteiger partial charge in [0, 0.05) is 12.1 Å². The Bertz CT molecular complexity index is 976. The third kappa shape index (κ3) is 5.18. The second-order valence-electron chi connectivity index (χ2n) is 6.59. The Morgan fingerprint density at radius 3 is 1.03 bits per heavy atom. The monoisotopic (exact) mass is 692 g/mol. The molecular weight excluding hydrogens is 678 g/mol. The molecule has 0 bridgehead atoms. The molecule has 0 aliphatic carbocycles. The Morgan fingerprint density at radius 1 is 0.533 bits per heavy atom. The highest BCUT2D eigenvalue weighted by Gasteiger charge is 2.67. The minimum Gasteiger partial charge on any atom is -0.185 e. The van der Waals surface area contributed by atoms with E-state index < -0.39 is 38.7 Å². The van der Waals surface area contributed by atoms with E-state index in [1.54, 1.807) is 0 Å². The Balaban J connectivity index is 2.50. The van der Waals surface area contributed by atoms with Gasteiger partial charge in [0.2, 0.25) is 15.0 Å². The molecule has 1 fully saturated rings. The molecule has 2 atom stereocenters. The van der Waals surface area contributed by atoms with Crippen LogP contribution >= 0.6 is 129 Å². The van der Waals surface area contributed by atoms with E-state index in [1.807, 2.05) is 36.6 Å². The molecule has 3 aliphatic heterocycles. The molecule has 8 nitrogen and oxygen atoms in total. The topological polar surface area (TPSA) is 80.6 Å². The van der Waals surface area contributed by atoms with E-state index in [2.05, 4.69) is 9.03 Å². The van der Waals surface area contributed by atoms with Crippen LogP contribution < -0.4 is 0 Å². The number of halogens is 8. The molecule has 1 saturated heterocycles. The number of nitrogens with zero attached hydrogens (tertiary/aromatic N) is 8. The summed E-state index contributed by atoms with van der Waals surface area (Å²) < 4.78 is 31.2. The summed E-state index contributed by atoms with van der Waals surface area (Å²) in [6.07, 6.45) is 1.42. The van der Waals surface area contributed by atoms with Crippen LogP contribution in [0, 0.1) is 0 Å². The van der Waals surface area contributed by atoms with Gasteiger partial charge in [-0.25, -0.2) is 0 Å². The van der Waals surface area contributed by atoms with Gasteiger partial charge in [0.1, 0.15) is 0 Å². The van der Waals surface area contributed by atoms with Crippen molar-refractivity contribution in [3.63, 3.8) is 0 Å². The van der Waals surface area contributed by atoms with Crippen molar-refractivity contribution in [3.8, 4) is 0 Å². The van der Waals surface area contributed by atoms with Crippen molar-refractivity contribution in [3.05, 3.63) is 0 Å². The quantitative estimate of drug-likeness (QED) is 0.274. The van der Waals surface area contributed by atoms with Gasteiger partial charge in [-0.3, -0.25) is 0 Å². The van der Waals surface area contributed by atoms with E-state index in [0.717, 1.165) is 0 Å². The van der Waals surface area contributed by atoms with Crippen molar-refractivity contribution in [2.24, 2.45) is 27.1 Å². The molecular formula is C8H18Cl8N8P6. The minimum absolute atomic E-state index is 0.119. The first-order valence-electron chi connectivity index (χ1n) is 8.45. The molecule has 176 valence electrons. The summed E-state index contributed by atoms with van der Waals surface area (Å²) in [5.41, 5.74) is 0. The van der Waals surface area contributed by atoms with Crippen LogP contribution in [-0.2, 0) is 0 Å². The lowest BCUT2D eigenvalue weighted by molar-refractivity contribution is 0.373. The summed E-state index contributed by atoms with van der Waals surface area (Å²) in [5.74, 6) is -12.8.